The Hall–Kier alpha value is -2.53. The van der Waals surface area contributed by atoms with Crippen molar-refractivity contribution in [3.8, 4) is 11.5 Å². The quantitative estimate of drug-likeness (QED) is 0.700. The summed E-state index contributed by atoms with van der Waals surface area (Å²) in [4.78, 5) is 11.9. The van der Waals surface area contributed by atoms with Crippen LogP contribution in [0.3, 0.4) is 0 Å². The molecule has 0 saturated carbocycles. The highest BCUT2D eigenvalue weighted by molar-refractivity contribution is 6.33. The molecule has 1 amide bonds. The number of carbonyl (C=O) groups excluding carboxylic acids is 1. The van der Waals surface area contributed by atoms with Gasteiger partial charge in [-0.3, -0.25) is 4.79 Å². The molecule has 106 valence electrons. The molecule has 21 heavy (non-hydrogen) atoms. The van der Waals surface area contributed by atoms with Gasteiger partial charge in [-0.25, -0.2) is 5.43 Å². The first-order valence-electron chi connectivity index (χ1n) is 6.21. The van der Waals surface area contributed by atoms with Crippen LogP contribution in [0.1, 0.15) is 15.9 Å². The number of amides is 1. The third kappa shape index (κ3) is 2.98. The van der Waals surface area contributed by atoms with E-state index < -0.39 is 0 Å². The van der Waals surface area contributed by atoms with E-state index in [1.54, 1.807) is 36.4 Å². The van der Waals surface area contributed by atoms with E-state index in [2.05, 4.69) is 10.5 Å². The number of ether oxygens (including phenoxy) is 2. The van der Waals surface area contributed by atoms with Crippen molar-refractivity contribution in [2.24, 2.45) is 5.10 Å². The fourth-order valence-electron chi connectivity index (χ4n) is 1.86. The summed E-state index contributed by atoms with van der Waals surface area (Å²) in [5, 5.41) is 4.29. The van der Waals surface area contributed by atoms with Crippen molar-refractivity contribution >= 4 is 23.7 Å². The second kappa shape index (κ2) is 5.85. The first kappa shape index (κ1) is 13.5. The predicted octanol–water partition coefficient (Wildman–Crippen LogP) is 2.83. The van der Waals surface area contributed by atoms with Crippen molar-refractivity contribution in [2.45, 2.75) is 0 Å². The lowest BCUT2D eigenvalue weighted by Gasteiger charge is -2.02. The number of nitrogens with zero attached hydrogens (tertiary/aromatic N) is 1. The van der Waals surface area contributed by atoms with Gasteiger partial charge in [0.15, 0.2) is 11.5 Å². The molecule has 0 fully saturated rings. The van der Waals surface area contributed by atoms with Gasteiger partial charge in [-0.2, -0.15) is 5.10 Å². The molecule has 0 spiro atoms. The number of hydrogen-bond donors (Lipinski definition) is 1. The lowest BCUT2D eigenvalue weighted by atomic mass is 10.2. The number of hydrogen-bond acceptors (Lipinski definition) is 4. The number of fused-ring (bicyclic) bond motifs is 1. The van der Waals surface area contributed by atoms with E-state index in [0.717, 1.165) is 5.56 Å². The van der Waals surface area contributed by atoms with Crippen molar-refractivity contribution in [1.29, 1.82) is 0 Å². The summed E-state index contributed by atoms with van der Waals surface area (Å²) < 4.78 is 10.5. The van der Waals surface area contributed by atoms with Gasteiger partial charge < -0.3 is 9.47 Å². The highest BCUT2D eigenvalue weighted by Crippen LogP contribution is 2.31. The molecule has 0 atom stereocenters. The van der Waals surface area contributed by atoms with E-state index in [-0.39, 0.29) is 12.7 Å². The van der Waals surface area contributed by atoms with Crippen LogP contribution in [0.4, 0.5) is 0 Å². The fourth-order valence-corrected chi connectivity index (χ4v) is 2.09. The van der Waals surface area contributed by atoms with Gasteiger partial charge in [-0.05, 0) is 35.9 Å². The van der Waals surface area contributed by atoms with Crippen LogP contribution in [0.5, 0.6) is 11.5 Å². The second-order valence-electron chi connectivity index (χ2n) is 4.29. The predicted molar refractivity (Wildman–Crippen MR) is 79.1 cm³/mol. The van der Waals surface area contributed by atoms with Gasteiger partial charge in [0.2, 0.25) is 6.79 Å². The van der Waals surface area contributed by atoms with E-state index in [1.807, 2.05) is 6.07 Å². The molecule has 2 aromatic rings. The van der Waals surface area contributed by atoms with E-state index in [0.29, 0.717) is 22.1 Å². The Morgan fingerprint density at radius 3 is 2.86 bits per heavy atom. The number of halogens is 1. The lowest BCUT2D eigenvalue weighted by molar-refractivity contribution is 0.0955. The van der Waals surface area contributed by atoms with Crippen LogP contribution < -0.4 is 14.9 Å². The largest absolute Gasteiger partial charge is 0.454 e. The van der Waals surface area contributed by atoms with E-state index >= 15 is 0 Å². The van der Waals surface area contributed by atoms with Gasteiger partial charge in [-0.15, -0.1) is 0 Å². The molecular formula is C15H11ClN2O3. The van der Waals surface area contributed by atoms with Gasteiger partial charge in [0.05, 0.1) is 16.8 Å². The third-order valence-electron chi connectivity index (χ3n) is 2.89. The normalized spacial score (nSPS) is 12.6. The summed E-state index contributed by atoms with van der Waals surface area (Å²) in [5.74, 6) is 1.00. The molecule has 6 heteroatoms. The Kier molecular flexibility index (Phi) is 3.75. The number of benzene rings is 2. The first-order chi connectivity index (χ1) is 10.2. The molecule has 0 radical (unpaired) electrons. The Labute approximate surface area is 126 Å². The van der Waals surface area contributed by atoms with Crippen LogP contribution >= 0.6 is 11.6 Å². The van der Waals surface area contributed by atoms with Gasteiger partial charge >= 0.3 is 0 Å². The van der Waals surface area contributed by atoms with Gasteiger partial charge in [0.25, 0.3) is 5.91 Å². The Balaban J connectivity index is 1.67. The molecule has 1 aliphatic heterocycles. The average molecular weight is 303 g/mol. The van der Waals surface area contributed by atoms with E-state index in [1.165, 1.54) is 6.21 Å². The summed E-state index contributed by atoms with van der Waals surface area (Å²) in [5.41, 5.74) is 3.60. The Morgan fingerprint density at radius 1 is 1.19 bits per heavy atom. The fraction of sp³-hybridized carbons (Fsp3) is 0.0667. The highest BCUT2D eigenvalue weighted by atomic mass is 35.5. The average Bonchev–Trinajstić information content (AvgIpc) is 2.95. The molecule has 0 aliphatic carbocycles. The second-order valence-corrected chi connectivity index (χ2v) is 4.70. The van der Waals surface area contributed by atoms with Crippen LogP contribution in [-0.2, 0) is 0 Å². The maximum absolute atomic E-state index is 11.9. The molecule has 0 bridgehead atoms. The molecule has 5 nitrogen and oxygen atoms in total. The SMILES string of the molecule is O=C(N/N=C/c1ccc2c(c1)OCO2)c1ccccc1Cl. The van der Waals surface area contributed by atoms with E-state index in [9.17, 15) is 4.79 Å². The molecule has 2 aromatic carbocycles. The molecule has 0 unspecified atom stereocenters. The van der Waals surface area contributed by atoms with Crippen molar-refractivity contribution < 1.29 is 14.3 Å². The van der Waals surface area contributed by atoms with Crippen molar-refractivity contribution in [3.63, 3.8) is 0 Å². The summed E-state index contributed by atoms with van der Waals surface area (Å²) in [6, 6.07) is 12.2. The summed E-state index contributed by atoms with van der Waals surface area (Å²) >= 11 is 5.94. The zero-order valence-electron chi connectivity index (χ0n) is 10.9. The topological polar surface area (TPSA) is 59.9 Å². The van der Waals surface area contributed by atoms with Crippen LogP contribution in [-0.4, -0.2) is 18.9 Å². The number of carbonyl (C=O) groups is 1. The summed E-state index contributed by atoms with van der Waals surface area (Å²) in [7, 11) is 0. The van der Waals surface area contributed by atoms with Gasteiger partial charge in [0, 0.05) is 0 Å². The minimum Gasteiger partial charge on any atom is -0.454 e. The summed E-state index contributed by atoms with van der Waals surface area (Å²) in [6.07, 6.45) is 1.52. The molecular weight excluding hydrogens is 292 g/mol. The Morgan fingerprint density at radius 2 is 2.00 bits per heavy atom. The summed E-state index contributed by atoms with van der Waals surface area (Å²) in [6.45, 7) is 0.221. The zero-order chi connectivity index (χ0) is 14.7. The third-order valence-corrected chi connectivity index (χ3v) is 3.22. The number of nitrogens with one attached hydrogen (secondary N) is 1. The zero-order valence-corrected chi connectivity index (χ0v) is 11.6. The van der Waals surface area contributed by atoms with Crippen molar-refractivity contribution in [2.75, 3.05) is 6.79 Å². The van der Waals surface area contributed by atoms with Crippen LogP contribution in [0.25, 0.3) is 0 Å². The van der Waals surface area contributed by atoms with Crippen LogP contribution in [0, 0.1) is 0 Å². The highest BCUT2D eigenvalue weighted by Gasteiger charge is 2.12. The maximum atomic E-state index is 11.9. The molecule has 0 aromatic heterocycles. The van der Waals surface area contributed by atoms with Crippen molar-refractivity contribution in [1.82, 2.24) is 5.43 Å². The minimum atomic E-state index is -0.363. The van der Waals surface area contributed by atoms with Gasteiger partial charge in [-0.1, -0.05) is 23.7 Å². The maximum Gasteiger partial charge on any atom is 0.272 e. The molecule has 3 rings (SSSR count). The first-order valence-corrected chi connectivity index (χ1v) is 6.59. The minimum absolute atomic E-state index is 0.221. The smallest absolute Gasteiger partial charge is 0.272 e. The van der Waals surface area contributed by atoms with E-state index in [4.69, 9.17) is 21.1 Å². The molecule has 0 saturated heterocycles. The molecule has 1 heterocycles. The number of rotatable bonds is 3. The van der Waals surface area contributed by atoms with Gasteiger partial charge in [0.1, 0.15) is 0 Å². The van der Waals surface area contributed by atoms with Crippen LogP contribution in [0.2, 0.25) is 5.02 Å². The Bertz CT molecular complexity index is 716. The standard InChI is InChI=1S/C15H11ClN2O3/c16-12-4-2-1-3-11(12)15(19)18-17-8-10-5-6-13-14(7-10)21-9-20-13/h1-8H,9H2,(H,18,19)/b17-8+. The monoisotopic (exact) mass is 302 g/mol. The molecule has 1 aliphatic rings. The van der Waals surface area contributed by atoms with Crippen molar-refractivity contribution in [3.05, 3.63) is 58.6 Å². The molecule has 1 N–H and O–H groups in total. The number of hydrazone groups is 1. The van der Waals surface area contributed by atoms with Crippen LogP contribution in [0.15, 0.2) is 47.6 Å². The lowest BCUT2D eigenvalue weighted by Crippen LogP contribution is -2.17.